The number of hydrogen-bond donors (Lipinski definition) is 0. The van der Waals surface area contributed by atoms with Crippen molar-refractivity contribution in [2.24, 2.45) is 0 Å². The molecule has 0 aliphatic rings. The summed E-state index contributed by atoms with van der Waals surface area (Å²) < 4.78 is 0. The Balaban J connectivity index is 0. The van der Waals surface area contributed by atoms with E-state index in [2.05, 4.69) is 0 Å². The molecule has 0 spiro atoms. The first-order valence-electron chi connectivity index (χ1n) is 3.35. The van der Waals surface area contributed by atoms with Gasteiger partial charge in [0.05, 0.1) is 5.97 Å². The van der Waals surface area contributed by atoms with Gasteiger partial charge in [-0.1, -0.05) is 42.2 Å². The van der Waals surface area contributed by atoms with Crippen molar-refractivity contribution in [3.63, 3.8) is 0 Å². The summed E-state index contributed by atoms with van der Waals surface area (Å²) in [4.78, 5) is 10.0. The first-order valence-corrected chi connectivity index (χ1v) is 3.35. The molecule has 62 valence electrons. The Morgan fingerprint density at radius 2 is 1.57 bits per heavy atom. The minimum absolute atomic E-state index is 0. The van der Waals surface area contributed by atoms with Gasteiger partial charge in [0.25, 0.3) is 0 Å². The molecular formula is C9H6Li2O3. The second-order valence-corrected chi connectivity index (χ2v) is 2.21. The molecule has 0 N–H and O–H groups in total. The van der Waals surface area contributed by atoms with Crippen molar-refractivity contribution < 1.29 is 52.7 Å². The van der Waals surface area contributed by atoms with Crippen LogP contribution in [0.15, 0.2) is 36.1 Å². The van der Waals surface area contributed by atoms with Gasteiger partial charge in [-0.25, -0.2) is 0 Å². The van der Waals surface area contributed by atoms with Crippen LogP contribution in [0.2, 0.25) is 0 Å². The van der Waals surface area contributed by atoms with Crippen LogP contribution in [0.5, 0.6) is 0 Å². The molecule has 1 rings (SSSR count). The van der Waals surface area contributed by atoms with E-state index in [4.69, 9.17) is 0 Å². The first kappa shape index (κ1) is 15.9. The summed E-state index contributed by atoms with van der Waals surface area (Å²) in [5.41, 5.74) is 0.562. The zero-order valence-corrected chi connectivity index (χ0v) is 8.19. The SMILES string of the molecule is O=C([O-])/C([O-])=C\c1ccccc1.[Li+].[Li+]. The Morgan fingerprint density at radius 3 is 2.00 bits per heavy atom. The van der Waals surface area contributed by atoms with Crippen LogP contribution in [0.1, 0.15) is 5.56 Å². The fourth-order valence-electron chi connectivity index (χ4n) is 0.760. The molecule has 0 aliphatic heterocycles. The normalized spacial score (nSPS) is 9.57. The van der Waals surface area contributed by atoms with Crippen LogP contribution in [0.25, 0.3) is 6.08 Å². The van der Waals surface area contributed by atoms with Gasteiger partial charge in [-0.2, -0.15) is 0 Å². The zero-order chi connectivity index (χ0) is 8.97. The maximum atomic E-state index is 10.6. The molecule has 0 saturated carbocycles. The number of carboxylic acids is 1. The third kappa shape index (κ3) is 5.22. The van der Waals surface area contributed by atoms with Crippen molar-refractivity contribution in [1.29, 1.82) is 0 Å². The van der Waals surface area contributed by atoms with E-state index in [-0.39, 0.29) is 37.7 Å². The van der Waals surface area contributed by atoms with Crippen LogP contribution in [0, 0.1) is 0 Å². The molecule has 0 aliphatic carbocycles. The quantitative estimate of drug-likeness (QED) is 0.255. The minimum Gasteiger partial charge on any atom is -0.871 e. The summed E-state index contributed by atoms with van der Waals surface area (Å²) in [5, 5.41) is 20.6. The molecule has 0 heterocycles. The maximum Gasteiger partial charge on any atom is 1.00 e. The summed E-state index contributed by atoms with van der Waals surface area (Å²) in [6.45, 7) is 0. The molecule has 1 aromatic rings. The predicted molar refractivity (Wildman–Crippen MR) is 39.4 cm³/mol. The molecule has 0 fully saturated rings. The van der Waals surface area contributed by atoms with Crippen molar-refractivity contribution in [2.75, 3.05) is 0 Å². The molecule has 3 nitrogen and oxygen atoms in total. The van der Waals surface area contributed by atoms with Gasteiger partial charge in [-0.15, -0.1) is 0 Å². The molecule has 0 atom stereocenters. The van der Waals surface area contributed by atoms with Gasteiger partial charge in [0.1, 0.15) is 0 Å². The Hall–Kier alpha value is -0.575. The Bertz CT molecular complexity index is 309. The average Bonchev–Trinajstić information content (AvgIpc) is 2.06. The van der Waals surface area contributed by atoms with Crippen molar-refractivity contribution >= 4 is 12.0 Å². The van der Waals surface area contributed by atoms with E-state index < -0.39 is 11.7 Å². The summed E-state index contributed by atoms with van der Waals surface area (Å²) in [5.74, 6) is -2.69. The molecule has 0 bridgehead atoms. The number of aliphatic carboxylic acids is 1. The molecule has 0 saturated heterocycles. The molecule has 5 heteroatoms. The number of carboxylic acid groups (broad SMARTS) is 1. The average molecular weight is 176 g/mol. The number of carbonyl (C=O) groups excluding carboxylic acids is 1. The number of hydrogen-bond acceptors (Lipinski definition) is 3. The predicted octanol–water partition coefficient (Wildman–Crippen LogP) is -6.85. The molecule has 0 radical (unpaired) electrons. The molecule has 0 unspecified atom stereocenters. The van der Waals surface area contributed by atoms with Crippen molar-refractivity contribution in [2.45, 2.75) is 0 Å². The van der Waals surface area contributed by atoms with Gasteiger partial charge < -0.3 is 15.0 Å². The Kier molecular flexibility index (Phi) is 8.84. The van der Waals surface area contributed by atoms with Crippen LogP contribution >= 0.6 is 0 Å². The van der Waals surface area contributed by atoms with E-state index in [0.29, 0.717) is 5.56 Å². The first-order chi connectivity index (χ1) is 5.70. The second-order valence-electron chi connectivity index (χ2n) is 2.21. The summed E-state index contributed by atoms with van der Waals surface area (Å²) in [6, 6.07) is 8.49. The number of benzene rings is 1. The molecular weight excluding hydrogens is 170 g/mol. The number of rotatable bonds is 2. The molecule has 0 amide bonds. The smallest absolute Gasteiger partial charge is 0.871 e. The third-order valence-corrected chi connectivity index (χ3v) is 1.30. The van der Waals surface area contributed by atoms with Crippen LogP contribution in [0.3, 0.4) is 0 Å². The van der Waals surface area contributed by atoms with E-state index in [1.807, 2.05) is 0 Å². The largest absolute Gasteiger partial charge is 1.00 e. The van der Waals surface area contributed by atoms with E-state index >= 15 is 0 Å². The number of carbonyl (C=O) groups is 1. The van der Waals surface area contributed by atoms with Crippen LogP contribution in [-0.2, 0) is 4.79 Å². The van der Waals surface area contributed by atoms with Gasteiger partial charge >= 0.3 is 37.7 Å². The molecule has 1 aromatic carbocycles. The summed E-state index contributed by atoms with van der Waals surface area (Å²) in [6.07, 6.45) is 1.02. The maximum absolute atomic E-state index is 10.6. The Labute approximate surface area is 106 Å². The minimum atomic E-state index is -1.68. The topological polar surface area (TPSA) is 63.2 Å². The van der Waals surface area contributed by atoms with Gasteiger partial charge in [0.15, 0.2) is 0 Å². The van der Waals surface area contributed by atoms with E-state index in [0.717, 1.165) is 6.08 Å². The molecule has 14 heavy (non-hydrogen) atoms. The van der Waals surface area contributed by atoms with Crippen molar-refractivity contribution in [3.05, 3.63) is 41.7 Å². The monoisotopic (exact) mass is 176 g/mol. The standard InChI is InChI=1S/C9H8O3.2Li/c10-8(9(11)12)6-7-4-2-1-3-5-7;;/h1-6,10H,(H,11,12);;/q;2*+1/p-2/b8-6+;;. The summed E-state index contributed by atoms with van der Waals surface area (Å²) in [7, 11) is 0. The fourth-order valence-corrected chi connectivity index (χ4v) is 0.760. The zero-order valence-electron chi connectivity index (χ0n) is 8.19. The van der Waals surface area contributed by atoms with Gasteiger partial charge in [0, 0.05) is 0 Å². The van der Waals surface area contributed by atoms with Crippen molar-refractivity contribution in [3.8, 4) is 0 Å². The molecule has 0 aromatic heterocycles. The summed E-state index contributed by atoms with van der Waals surface area (Å²) >= 11 is 0. The Morgan fingerprint density at radius 1 is 1.07 bits per heavy atom. The van der Waals surface area contributed by atoms with Crippen LogP contribution in [-0.4, -0.2) is 5.97 Å². The van der Waals surface area contributed by atoms with Gasteiger partial charge in [-0.05, 0) is 5.56 Å². The fraction of sp³-hybridized carbons (Fsp3) is 0. The van der Waals surface area contributed by atoms with Gasteiger partial charge in [0.2, 0.25) is 0 Å². The van der Waals surface area contributed by atoms with E-state index in [1.165, 1.54) is 0 Å². The van der Waals surface area contributed by atoms with Crippen molar-refractivity contribution in [1.82, 2.24) is 0 Å². The van der Waals surface area contributed by atoms with E-state index in [1.54, 1.807) is 30.3 Å². The second kappa shape index (κ2) is 7.79. The van der Waals surface area contributed by atoms with Crippen LogP contribution in [0.4, 0.5) is 0 Å². The van der Waals surface area contributed by atoms with Crippen LogP contribution < -0.4 is 47.9 Å². The van der Waals surface area contributed by atoms with E-state index in [9.17, 15) is 15.0 Å². The van der Waals surface area contributed by atoms with Gasteiger partial charge in [-0.3, -0.25) is 0 Å². The third-order valence-electron chi connectivity index (χ3n) is 1.30.